The molecule has 2 rings (SSSR count). The maximum Gasteiger partial charge on any atom is 0.324 e. The maximum atomic E-state index is 12.1. The van der Waals surface area contributed by atoms with Gasteiger partial charge in [-0.25, -0.2) is 0 Å². The summed E-state index contributed by atoms with van der Waals surface area (Å²) >= 11 is 3.50. The number of carbonyl (C=O) groups excluding carboxylic acids is 1. The van der Waals surface area contributed by atoms with Crippen LogP contribution in [0.5, 0.6) is 0 Å². The molecule has 110 valence electrons. The molecule has 4 nitrogen and oxygen atoms in total. The van der Waals surface area contributed by atoms with Crippen molar-refractivity contribution >= 4 is 21.9 Å². The molecule has 0 aliphatic carbocycles. The van der Waals surface area contributed by atoms with Crippen LogP contribution in [0.2, 0.25) is 0 Å². The molecule has 20 heavy (non-hydrogen) atoms. The lowest BCUT2D eigenvalue weighted by Gasteiger charge is -2.38. The largest absolute Gasteiger partial charge is 0.465 e. The van der Waals surface area contributed by atoms with Gasteiger partial charge in [0.1, 0.15) is 6.04 Å². The van der Waals surface area contributed by atoms with Gasteiger partial charge in [0.05, 0.1) is 6.61 Å². The quantitative estimate of drug-likeness (QED) is 0.854. The fourth-order valence-corrected chi connectivity index (χ4v) is 3.02. The highest BCUT2D eigenvalue weighted by Crippen LogP contribution is 2.26. The Bertz CT molecular complexity index is 467. The Kier molecular flexibility index (Phi) is 5.57. The molecule has 1 heterocycles. The maximum absolute atomic E-state index is 12.1. The van der Waals surface area contributed by atoms with Gasteiger partial charge in [-0.15, -0.1) is 0 Å². The molecule has 1 aliphatic heterocycles. The predicted octanol–water partition coefficient (Wildman–Crippen LogP) is 2.35. The Morgan fingerprint density at radius 3 is 3.10 bits per heavy atom. The van der Waals surface area contributed by atoms with Crippen molar-refractivity contribution in [3.63, 3.8) is 0 Å². The average Bonchev–Trinajstić information content (AvgIpc) is 2.47. The van der Waals surface area contributed by atoms with Gasteiger partial charge in [0.25, 0.3) is 0 Å². The fraction of sp³-hybridized carbons (Fsp3) is 0.533. The van der Waals surface area contributed by atoms with Crippen molar-refractivity contribution in [3.05, 3.63) is 34.3 Å². The van der Waals surface area contributed by atoms with E-state index in [1.807, 2.05) is 19.1 Å². The number of hydrogen-bond donors (Lipinski definition) is 1. The molecule has 0 radical (unpaired) electrons. The topological polar surface area (TPSA) is 41.6 Å². The Balaban J connectivity index is 2.16. The molecule has 2 atom stereocenters. The molecular weight excluding hydrogens is 320 g/mol. The second-order valence-electron chi connectivity index (χ2n) is 4.94. The summed E-state index contributed by atoms with van der Waals surface area (Å²) in [6, 6.07) is 8.21. The van der Waals surface area contributed by atoms with E-state index in [2.05, 4.69) is 45.2 Å². The monoisotopic (exact) mass is 340 g/mol. The number of hydrogen-bond acceptors (Lipinski definition) is 4. The van der Waals surface area contributed by atoms with Gasteiger partial charge in [0, 0.05) is 30.1 Å². The van der Waals surface area contributed by atoms with Crippen LogP contribution in [0.4, 0.5) is 0 Å². The number of nitrogens with one attached hydrogen (secondary N) is 1. The van der Waals surface area contributed by atoms with Crippen molar-refractivity contribution in [1.82, 2.24) is 10.2 Å². The first-order valence-electron chi connectivity index (χ1n) is 7.02. The van der Waals surface area contributed by atoms with E-state index in [-0.39, 0.29) is 18.1 Å². The number of piperazine rings is 1. The summed E-state index contributed by atoms with van der Waals surface area (Å²) in [5.74, 6) is -0.137. The van der Waals surface area contributed by atoms with Gasteiger partial charge < -0.3 is 10.1 Å². The first kappa shape index (κ1) is 15.5. The minimum absolute atomic E-state index is 0.137. The lowest BCUT2D eigenvalue weighted by molar-refractivity contribution is -0.151. The SMILES string of the molecule is CCOC(=O)C1CNCCN1C(C)c1cccc(Br)c1. The standard InChI is InChI=1S/C15H21BrN2O2/c1-3-20-15(19)14-10-17-7-8-18(14)11(2)12-5-4-6-13(16)9-12/h4-6,9,11,14,17H,3,7-8,10H2,1-2H3. The van der Waals surface area contributed by atoms with Crippen LogP contribution in [0.1, 0.15) is 25.5 Å². The molecule has 1 aromatic carbocycles. The molecule has 0 saturated carbocycles. The van der Waals surface area contributed by atoms with Gasteiger partial charge in [0.15, 0.2) is 0 Å². The Morgan fingerprint density at radius 2 is 2.40 bits per heavy atom. The van der Waals surface area contributed by atoms with Crippen LogP contribution in [-0.2, 0) is 9.53 Å². The van der Waals surface area contributed by atoms with Gasteiger partial charge >= 0.3 is 5.97 Å². The summed E-state index contributed by atoms with van der Waals surface area (Å²) in [6.45, 7) is 6.80. The molecule has 2 unspecified atom stereocenters. The van der Waals surface area contributed by atoms with Gasteiger partial charge in [-0.05, 0) is 31.5 Å². The van der Waals surface area contributed by atoms with E-state index in [0.29, 0.717) is 13.2 Å². The van der Waals surface area contributed by atoms with Gasteiger partial charge in [-0.3, -0.25) is 9.69 Å². The molecular formula is C15H21BrN2O2. The number of benzene rings is 1. The molecule has 1 saturated heterocycles. The van der Waals surface area contributed by atoms with Crippen LogP contribution in [0.15, 0.2) is 28.7 Å². The Hall–Kier alpha value is -0.910. The molecule has 1 N–H and O–H groups in total. The fourth-order valence-electron chi connectivity index (χ4n) is 2.60. The second-order valence-corrected chi connectivity index (χ2v) is 5.86. The van der Waals surface area contributed by atoms with E-state index < -0.39 is 0 Å². The van der Waals surface area contributed by atoms with Crippen molar-refractivity contribution in [3.8, 4) is 0 Å². The molecule has 0 spiro atoms. The lowest BCUT2D eigenvalue weighted by atomic mass is 10.0. The highest BCUT2D eigenvalue weighted by atomic mass is 79.9. The number of nitrogens with zero attached hydrogens (tertiary/aromatic N) is 1. The smallest absolute Gasteiger partial charge is 0.324 e. The first-order valence-corrected chi connectivity index (χ1v) is 7.81. The van der Waals surface area contributed by atoms with E-state index in [1.54, 1.807) is 0 Å². The van der Waals surface area contributed by atoms with E-state index in [0.717, 1.165) is 17.6 Å². The molecule has 1 aliphatic rings. The normalized spacial score (nSPS) is 21.4. The number of carbonyl (C=O) groups is 1. The number of halogens is 1. The van der Waals surface area contributed by atoms with E-state index in [4.69, 9.17) is 4.74 Å². The van der Waals surface area contributed by atoms with Crippen LogP contribution in [-0.4, -0.2) is 43.2 Å². The molecule has 0 amide bonds. The Labute approximate surface area is 128 Å². The highest BCUT2D eigenvalue weighted by molar-refractivity contribution is 9.10. The van der Waals surface area contributed by atoms with Gasteiger partial charge in [-0.1, -0.05) is 28.1 Å². The second kappa shape index (κ2) is 7.20. The predicted molar refractivity (Wildman–Crippen MR) is 82.6 cm³/mol. The third kappa shape index (κ3) is 3.59. The molecule has 1 aromatic rings. The summed E-state index contributed by atoms with van der Waals surface area (Å²) in [7, 11) is 0. The number of esters is 1. The van der Waals surface area contributed by atoms with E-state index in [1.165, 1.54) is 5.56 Å². The minimum Gasteiger partial charge on any atom is -0.465 e. The zero-order valence-corrected chi connectivity index (χ0v) is 13.5. The van der Waals surface area contributed by atoms with Gasteiger partial charge in [-0.2, -0.15) is 0 Å². The summed E-state index contributed by atoms with van der Waals surface area (Å²) in [5, 5.41) is 3.27. The van der Waals surface area contributed by atoms with Crippen LogP contribution in [0, 0.1) is 0 Å². The van der Waals surface area contributed by atoms with Crippen molar-refractivity contribution in [2.75, 3.05) is 26.2 Å². The van der Waals surface area contributed by atoms with E-state index >= 15 is 0 Å². The Morgan fingerprint density at radius 1 is 1.60 bits per heavy atom. The van der Waals surface area contributed by atoms with Crippen molar-refractivity contribution in [2.24, 2.45) is 0 Å². The third-order valence-electron chi connectivity index (χ3n) is 3.67. The van der Waals surface area contributed by atoms with Gasteiger partial charge in [0.2, 0.25) is 0 Å². The lowest BCUT2D eigenvalue weighted by Crippen LogP contribution is -2.55. The van der Waals surface area contributed by atoms with Crippen LogP contribution in [0.25, 0.3) is 0 Å². The average molecular weight is 341 g/mol. The van der Waals surface area contributed by atoms with Crippen LogP contribution in [0.3, 0.4) is 0 Å². The molecule has 5 heteroatoms. The molecule has 0 bridgehead atoms. The zero-order valence-electron chi connectivity index (χ0n) is 11.9. The van der Waals surface area contributed by atoms with Crippen LogP contribution < -0.4 is 5.32 Å². The van der Waals surface area contributed by atoms with Crippen LogP contribution >= 0.6 is 15.9 Å². The number of ether oxygens (including phenoxy) is 1. The summed E-state index contributed by atoms with van der Waals surface area (Å²) < 4.78 is 6.25. The first-order chi connectivity index (χ1) is 9.63. The van der Waals surface area contributed by atoms with E-state index in [9.17, 15) is 4.79 Å². The number of rotatable bonds is 4. The summed E-state index contributed by atoms with van der Waals surface area (Å²) in [6.07, 6.45) is 0. The molecule has 1 fully saturated rings. The highest BCUT2D eigenvalue weighted by Gasteiger charge is 2.33. The van der Waals surface area contributed by atoms with Crippen molar-refractivity contribution in [1.29, 1.82) is 0 Å². The third-order valence-corrected chi connectivity index (χ3v) is 4.17. The van der Waals surface area contributed by atoms with Crippen molar-refractivity contribution < 1.29 is 9.53 Å². The summed E-state index contributed by atoms with van der Waals surface area (Å²) in [5.41, 5.74) is 1.20. The molecule has 0 aromatic heterocycles. The summed E-state index contributed by atoms with van der Waals surface area (Å²) in [4.78, 5) is 14.3. The van der Waals surface area contributed by atoms with Crippen molar-refractivity contribution in [2.45, 2.75) is 25.9 Å². The zero-order chi connectivity index (χ0) is 14.5. The minimum atomic E-state index is -0.210.